The van der Waals surface area contributed by atoms with Gasteiger partial charge in [0.25, 0.3) is 0 Å². The summed E-state index contributed by atoms with van der Waals surface area (Å²) in [6.07, 6.45) is 8.21. The Kier molecular flexibility index (Phi) is 8.74. The molecule has 124 valence electrons. The fourth-order valence-electron chi connectivity index (χ4n) is 2.82. The van der Waals surface area contributed by atoms with E-state index < -0.39 is 0 Å². The fraction of sp³-hybridized carbons (Fsp3) is 0.941. The lowest BCUT2D eigenvalue weighted by molar-refractivity contribution is 0.190. The first-order valence-corrected chi connectivity index (χ1v) is 8.72. The number of aliphatic imine (C=N–C) groups is 1. The SMILES string of the molecule is CN=C(NCCCN(C)C1CCCCC1)NC(C)C(C)C. The molecular weight excluding hydrogens is 260 g/mol. The van der Waals surface area contributed by atoms with E-state index in [1.165, 1.54) is 45.1 Å². The molecule has 4 heteroatoms. The Hall–Kier alpha value is -0.770. The summed E-state index contributed by atoms with van der Waals surface area (Å²) in [5.74, 6) is 1.54. The Balaban J connectivity index is 2.16. The second-order valence-corrected chi connectivity index (χ2v) is 6.80. The molecule has 1 unspecified atom stereocenters. The summed E-state index contributed by atoms with van der Waals surface area (Å²) >= 11 is 0. The van der Waals surface area contributed by atoms with Gasteiger partial charge in [0.15, 0.2) is 5.96 Å². The van der Waals surface area contributed by atoms with Crippen LogP contribution in [-0.4, -0.2) is 50.1 Å². The van der Waals surface area contributed by atoms with Gasteiger partial charge in [-0.3, -0.25) is 4.99 Å². The quantitative estimate of drug-likeness (QED) is 0.431. The van der Waals surface area contributed by atoms with Crippen molar-refractivity contribution in [1.82, 2.24) is 15.5 Å². The van der Waals surface area contributed by atoms with Gasteiger partial charge in [-0.25, -0.2) is 0 Å². The fourth-order valence-corrected chi connectivity index (χ4v) is 2.82. The third-order valence-corrected chi connectivity index (χ3v) is 4.77. The molecule has 1 rings (SSSR count). The van der Waals surface area contributed by atoms with Gasteiger partial charge in [-0.1, -0.05) is 33.1 Å². The van der Waals surface area contributed by atoms with E-state index in [0.29, 0.717) is 12.0 Å². The summed E-state index contributed by atoms with van der Waals surface area (Å²) in [5, 5.41) is 6.87. The Morgan fingerprint density at radius 2 is 1.86 bits per heavy atom. The minimum atomic E-state index is 0.445. The van der Waals surface area contributed by atoms with Crippen molar-refractivity contribution in [2.24, 2.45) is 10.9 Å². The maximum Gasteiger partial charge on any atom is 0.191 e. The van der Waals surface area contributed by atoms with Gasteiger partial charge < -0.3 is 15.5 Å². The number of rotatable bonds is 7. The van der Waals surface area contributed by atoms with E-state index in [4.69, 9.17) is 0 Å². The van der Waals surface area contributed by atoms with Crippen LogP contribution in [0.15, 0.2) is 4.99 Å². The van der Waals surface area contributed by atoms with Crippen LogP contribution < -0.4 is 10.6 Å². The van der Waals surface area contributed by atoms with Crippen LogP contribution in [0.3, 0.4) is 0 Å². The van der Waals surface area contributed by atoms with Crippen molar-refractivity contribution in [3.63, 3.8) is 0 Å². The Labute approximate surface area is 131 Å². The molecule has 21 heavy (non-hydrogen) atoms. The molecule has 0 saturated heterocycles. The number of guanidine groups is 1. The first-order valence-electron chi connectivity index (χ1n) is 8.72. The summed E-state index contributed by atoms with van der Waals surface area (Å²) in [6.45, 7) is 8.82. The molecule has 4 nitrogen and oxygen atoms in total. The predicted octanol–water partition coefficient (Wildman–Crippen LogP) is 2.85. The highest BCUT2D eigenvalue weighted by atomic mass is 15.2. The molecule has 1 saturated carbocycles. The molecule has 0 heterocycles. The van der Waals surface area contributed by atoms with Crippen LogP contribution in [0.4, 0.5) is 0 Å². The highest BCUT2D eigenvalue weighted by Crippen LogP contribution is 2.21. The minimum Gasteiger partial charge on any atom is -0.356 e. The highest BCUT2D eigenvalue weighted by molar-refractivity contribution is 5.79. The summed E-state index contributed by atoms with van der Waals surface area (Å²) < 4.78 is 0. The van der Waals surface area contributed by atoms with Crippen LogP contribution in [0, 0.1) is 5.92 Å². The van der Waals surface area contributed by atoms with Gasteiger partial charge in [0.05, 0.1) is 0 Å². The van der Waals surface area contributed by atoms with Crippen molar-refractivity contribution >= 4 is 5.96 Å². The van der Waals surface area contributed by atoms with Crippen LogP contribution in [0.1, 0.15) is 59.3 Å². The van der Waals surface area contributed by atoms with E-state index in [2.05, 4.69) is 48.3 Å². The Morgan fingerprint density at radius 3 is 2.43 bits per heavy atom. The molecular formula is C17H36N4. The van der Waals surface area contributed by atoms with Crippen LogP contribution in [0.5, 0.6) is 0 Å². The van der Waals surface area contributed by atoms with Crippen molar-refractivity contribution in [2.45, 2.75) is 71.4 Å². The van der Waals surface area contributed by atoms with Gasteiger partial charge in [0.2, 0.25) is 0 Å². The molecule has 1 atom stereocenters. The number of hydrogen-bond donors (Lipinski definition) is 2. The summed E-state index contributed by atoms with van der Waals surface area (Å²) in [5.41, 5.74) is 0. The molecule has 1 fully saturated rings. The second-order valence-electron chi connectivity index (χ2n) is 6.80. The second kappa shape index (κ2) is 10.0. The first kappa shape index (κ1) is 18.3. The average molecular weight is 297 g/mol. The molecule has 0 aromatic carbocycles. The molecule has 0 aromatic rings. The van der Waals surface area contributed by atoms with Crippen molar-refractivity contribution in [2.75, 3.05) is 27.2 Å². The van der Waals surface area contributed by atoms with Crippen LogP contribution >= 0.6 is 0 Å². The van der Waals surface area contributed by atoms with E-state index in [1.807, 2.05) is 7.05 Å². The molecule has 0 radical (unpaired) electrons. The smallest absolute Gasteiger partial charge is 0.191 e. The zero-order valence-corrected chi connectivity index (χ0v) is 14.8. The van der Waals surface area contributed by atoms with Gasteiger partial charge in [0, 0.05) is 25.7 Å². The lowest BCUT2D eigenvalue weighted by atomic mass is 9.94. The summed E-state index contributed by atoms with van der Waals surface area (Å²) in [7, 11) is 4.13. The van der Waals surface area contributed by atoms with Gasteiger partial charge >= 0.3 is 0 Å². The normalized spacial score (nSPS) is 19.1. The van der Waals surface area contributed by atoms with Crippen molar-refractivity contribution in [3.8, 4) is 0 Å². The highest BCUT2D eigenvalue weighted by Gasteiger charge is 2.17. The van der Waals surface area contributed by atoms with Gasteiger partial charge in [0.1, 0.15) is 0 Å². The van der Waals surface area contributed by atoms with Gasteiger partial charge in [-0.05, 0) is 45.7 Å². The minimum absolute atomic E-state index is 0.445. The summed E-state index contributed by atoms with van der Waals surface area (Å²) in [6, 6.07) is 1.26. The van der Waals surface area contributed by atoms with Crippen molar-refractivity contribution in [1.29, 1.82) is 0 Å². The molecule has 0 aliphatic heterocycles. The molecule has 2 N–H and O–H groups in total. The zero-order valence-electron chi connectivity index (χ0n) is 14.8. The zero-order chi connectivity index (χ0) is 15.7. The number of nitrogens with zero attached hydrogens (tertiary/aromatic N) is 2. The van der Waals surface area contributed by atoms with Crippen molar-refractivity contribution in [3.05, 3.63) is 0 Å². The topological polar surface area (TPSA) is 39.7 Å². The summed E-state index contributed by atoms with van der Waals surface area (Å²) in [4.78, 5) is 6.85. The van der Waals surface area contributed by atoms with E-state index in [1.54, 1.807) is 0 Å². The number of hydrogen-bond acceptors (Lipinski definition) is 2. The van der Waals surface area contributed by atoms with E-state index in [-0.39, 0.29) is 0 Å². The van der Waals surface area contributed by atoms with E-state index in [9.17, 15) is 0 Å². The van der Waals surface area contributed by atoms with Crippen LogP contribution in [0.25, 0.3) is 0 Å². The lowest BCUT2D eigenvalue weighted by Gasteiger charge is -2.31. The third-order valence-electron chi connectivity index (χ3n) is 4.77. The van der Waals surface area contributed by atoms with E-state index >= 15 is 0 Å². The molecule has 0 bridgehead atoms. The maximum atomic E-state index is 4.30. The van der Waals surface area contributed by atoms with Gasteiger partial charge in [-0.15, -0.1) is 0 Å². The van der Waals surface area contributed by atoms with Gasteiger partial charge in [-0.2, -0.15) is 0 Å². The largest absolute Gasteiger partial charge is 0.356 e. The Morgan fingerprint density at radius 1 is 1.19 bits per heavy atom. The standard InChI is InChI=1S/C17H36N4/c1-14(2)15(3)20-17(18-4)19-12-9-13-21(5)16-10-7-6-8-11-16/h14-16H,6-13H2,1-5H3,(H2,18,19,20). The molecule has 1 aliphatic rings. The maximum absolute atomic E-state index is 4.30. The molecule has 0 aromatic heterocycles. The third kappa shape index (κ3) is 7.16. The lowest BCUT2D eigenvalue weighted by Crippen LogP contribution is -2.45. The Bertz CT molecular complexity index is 295. The predicted molar refractivity (Wildman–Crippen MR) is 92.9 cm³/mol. The average Bonchev–Trinajstić information content (AvgIpc) is 2.50. The monoisotopic (exact) mass is 296 g/mol. The van der Waals surface area contributed by atoms with Crippen molar-refractivity contribution < 1.29 is 0 Å². The molecule has 0 amide bonds. The van der Waals surface area contributed by atoms with E-state index in [0.717, 1.165) is 18.5 Å². The number of nitrogens with one attached hydrogen (secondary N) is 2. The van der Waals surface area contributed by atoms with Crippen LogP contribution in [0.2, 0.25) is 0 Å². The first-order chi connectivity index (χ1) is 10.0. The van der Waals surface area contributed by atoms with Crippen LogP contribution in [-0.2, 0) is 0 Å². The molecule has 1 aliphatic carbocycles. The molecule has 0 spiro atoms.